The Morgan fingerprint density at radius 1 is 0.857 bits per heavy atom. The Hall–Kier alpha value is 0.940. The summed E-state index contributed by atoms with van der Waals surface area (Å²) < 4.78 is 52.0. The maximum atomic E-state index is 14.2. The van der Waals surface area contributed by atoms with Crippen LogP contribution in [0, 0.1) is 5.92 Å². The maximum absolute atomic E-state index is 14.2. The zero-order chi connectivity index (χ0) is 21.2. The summed E-state index contributed by atoms with van der Waals surface area (Å²) in [6, 6.07) is 0. The van der Waals surface area contributed by atoms with E-state index in [1.54, 1.807) is 0 Å². The summed E-state index contributed by atoms with van der Waals surface area (Å²) in [5.74, 6) is -10.1. The van der Waals surface area contributed by atoms with E-state index in [-0.39, 0.29) is 17.9 Å². The molecule has 1 fully saturated rings. The molecule has 10 heteroatoms. The summed E-state index contributed by atoms with van der Waals surface area (Å²) in [6.45, 7) is 0. The average molecular weight is 523 g/mol. The first-order valence-corrected chi connectivity index (χ1v) is 11.2. The first kappa shape index (κ1) is 23.6. The molecule has 0 heterocycles. The number of rotatable bonds is 2. The molecule has 0 bridgehead atoms. The zero-order valence-electron chi connectivity index (χ0n) is 14.6. The molecule has 160 valence electrons. The molecular weight excluding hydrogens is 505 g/mol. The van der Waals surface area contributed by atoms with Crippen molar-refractivity contribution in [3.05, 3.63) is 22.3 Å². The van der Waals surface area contributed by atoms with E-state index in [0.717, 1.165) is 31.3 Å². The number of hydrogen-bond donors (Lipinski definition) is 0. The van der Waals surface area contributed by atoms with E-state index in [4.69, 9.17) is 69.6 Å². The van der Waals surface area contributed by atoms with Gasteiger partial charge in [0.25, 0.3) is 11.8 Å². The van der Waals surface area contributed by atoms with Crippen molar-refractivity contribution in [1.29, 1.82) is 0 Å². The molecule has 0 aromatic heterocycles. The fraction of sp³-hybridized carbons (Fsp3) is 0.778. The lowest BCUT2D eigenvalue weighted by atomic mass is 9.65. The fourth-order valence-electron chi connectivity index (χ4n) is 4.44. The Morgan fingerprint density at radius 3 is 2.04 bits per heavy atom. The Bertz CT molecular complexity index is 701. The van der Waals surface area contributed by atoms with E-state index in [1.807, 2.05) is 6.08 Å². The van der Waals surface area contributed by atoms with Crippen molar-refractivity contribution < 1.29 is 17.6 Å². The molecule has 3 aliphatic rings. The minimum absolute atomic E-state index is 0.0131. The lowest BCUT2D eigenvalue weighted by Crippen LogP contribution is -2.71. The quantitative estimate of drug-likeness (QED) is 0.251. The van der Waals surface area contributed by atoms with Crippen LogP contribution in [0.2, 0.25) is 0 Å². The Morgan fingerprint density at radius 2 is 1.46 bits per heavy atom. The predicted octanol–water partition coefficient (Wildman–Crippen LogP) is 8.78. The maximum Gasteiger partial charge on any atom is 0.264 e. The van der Waals surface area contributed by atoms with Crippen LogP contribution in [0.1, 0.15) is 51.4 Å². The van der Waals surface area contributed by atoms with Crippen molar-refractivity contribution in [2.45, 2.75) is 76.8 Å². The second-order valence-corrected chi connectivity index (χ2v) is 11.5. The molecule has 3 rings (SSSR count). The Balaban J connectivity index is 2.10. The van der Waals surface area contributed by atoms with Crippen molar-refractivity contribution in [3.8, 4) is 0 Å². The van der Waals surface area contributed by atoms with Gasteiger partial charge in [-0.3, -0.25) is 0 Å². The van der Waals surface area contributed by atoms with Crippen LogP contribution in [0.15, 0.2) is 22.3 Å². The molecule has 0 spiro atoms. The first-order chi connectivity index (χ1) is 12.7. The van der Waals surface area contributed by atoms with Gasteiger partial charge in [0.2, 0.25) is 0 Å². The molecule has 1 atom stereocenters. The van der Waals surface area contributed by atoms with Gasteiger partial charge in [-0.15, -0.1) is 11.6 Å². The third-order valence-electron chi connectivity index (χ3n) is 5.90. The van der Waals surface area contributed by atoms with Crippen molar-refractivity contribution in [2.24, 2.45) is 5.92 Å². The van der Waals surface area contributed by atoms with Crippen LogP contribution in [0.25, 0.3) is 0 Å². The van der Waals surface area contributed by atoms with E-state index in [2.05, 4.69) is 0 Å². The molecule has 0 saturated heterocycles. The topological polar surface area (TPSA) is 0 Å². The monoisotopic (exact) mass is 520 g/mol. The summed E-state index contributed by atoms with van der Waals surface area (Å²) in [6.07, 6.45) is 4.39. The molecular formula is C18H18Cl6F4. The standard InChI is InChI=1S/C18H18Cl6F4/c19-12-11(10-5-3-1-2-4-6-10)7-8-14(20,18(23,24)17(12,21)22)13-15(25,26)9-16(13,27)28/h5,13H,1-4,6-9H2. The minimum Gasteiger partial charge on any atom is -0.206 e. The van der Waals surface area contributed by atoms with E-state index in [0.29, 0.717) is 12.0 Å². The van der Waals surface area contributed by atoms with E-state index >= 15 is 0 Å². The summed E-state index contributed by atoms with van der Waals surface area (Å²) in [4.78, 5) is -2.50. The molecule has 0 aliphatic heterocycles. The zero-order valence-corrected chi connectivity index (χ0v) is 19.1. The van der Waals surface area contributed by atoms with Crippen molar-refractivity contribution in [1.82, 2.24) is 0 Å². The number of alkyl halides is 9. The minimum atomic E-state index is -3.76. The molecule has 1 saturated carbocycles. The van der Waals surface area contributed by atoms with Gasteiger partial charge < -0.3 is 0 Å². The number of allylic oxidation sites excluding steroid dienone is 4. The summed E-state index contributed by atoms with van der Waals surface area (Å²) in [5.41, 5.74) is 1.35. The van der Waals surface area contributed by atoms with Gasteiger partial charge in [-0.1, -0.05) is 70.5 Å². The van der Waals surface area contributed by atoms with Gasteiger partial charge in [0.15, 0.2) is 8.67 Å². The molecule has 0 aromatic rings. The van der Waals surface area contributed by atoms with Gasteiger partial charge in [-0.25, -0.2) is 17.6 Å². The number of hydrogen-bond acceptors (Lipinski definition) is 0. The fourth-order valence-corrected chi connectivity index (χ4v) is 6.71. The van der Waals surface area contributed by atoms with Gasteiger partial charge in [0.1, 0.15) is 5.92 Å². The van der Waals surface area contributed by atoms with Gasteiger partial charge in [0, 0.05) is 0 Å². The van der Waals surface area contributed by atoms with Gasteiger partial charge in [-0.05, 0) is 49.7 Å². The lowest BCUT2D eigenvalue weighted by Gasteiger charge is -2.56. The lowest BCUT2D eigenvalue weighted by molar-refractivity contribution is -0.296. The van der Waals surface area contributed by atoms with Gasteiger partial charge >= 0.3 is 0 Å². The van der Waals surface area contributed by atoms with Crippen LogP contribution in [0.3, 0.4) is 0 Å². The van der Waals surface area contributed by atoms with Crippen LogP contribution in [-0.4, -0.2) is 25.4 Å². The van der Waals surface area contributed by atoms with E-state index in [9.17, 15) is 17.6 Å². The SMILES string of the molecule is FC1(F)CC(F)(F)C1C1(Cl)CCC(C2=CCCCCC2)=C(Cl)C(Cl)(Cl)C1(Cl)Cl. The highest BCUT2D eigenvalue weighted by molar-refractivity contribution is 6.68. The van der Waals surface area contributed by atoms with Crippen LogP contribution in [-0.2, 0) is 0 Å². The van der Waals surface area contributed by atoms with Crippen LogP contribution >= 0.6 is 69.6 Å². The molecule has 0 N–H and O–H groups in total. The van der Waals surface area contributed by atoms with Crippen molar-refractivity contribution in [3.63, 3.8) is 0 Å². The molecule has 3 aliphatic carbocycles. The van der Waals surface area contributed by atoms with Crippen LogP contribution < -0.4 is 0 Å². The summed E-state index contributed by atoms with van der Waals surface area (Å²) in [7, 11) is 0. The third kappa shape index (κ3) is 3.50. The normalized spacial score (nSPS) is 34.9. The predicted molar refractivity (Wildman–Crippen MR) is 109 cm³/mol. The average Bonchev–Trinajstić information content (AvgIpc) is 2.82. The molecule has 0 aromatic carbocycles. The number of halogens is 10. The van der Waals surface area contributed by atoms with E-state index in [1.165, 1.54) is 0 Å². The summed E-state index contributed by atoms with van der Waals surface area (Å²) >= 11 is 38.3. The van der Waals surface area contributed by atoms with E-state index < -0.39 is 37.7 Å². The van der Waals surface area contributed by atoms with Gasteiger partial charge in [-0.2, -0.15) is 0 Å². The molecule has 0 radical (unpaired) electrons. The largest absolute Gasteiger partial charge is 0.264 e. The molecule has 0 amide bonds. The Kier molecular flexibility index (Phi) is 6.34. The van der Waals surface area contributed by atoms with Crippen molar-refractivity contribution >= 4 is 69.6 Å². The second kappa shape index (κ2) is 7.52. The molecule has 0 nitrogen and oxygen atoms in total. The second-order valence-electron chi connectivity index (χ2n) is 7.76. The molecule has 28 heavy (non-hydrogen) atoms. The highest BCUT2D eigenvalue weighted by atomic mass is 35.5. The van der Waals surface area contributed by atoms with Crippen molar-refractivity contribution in [2.75, 3.05) is 0 Å². The Labute approximate surface area is 191 Å². The highest BCUT2D eigenvalue weighted by Crippen LogP contribution is 2.70. The summed E-state index contributed by atoms with van der Waals surface area (Å²) in [5, 5.41) is -0.150. The third-order valence-corrected chi connectivity index (χ3v) is 10.1. The van der Waals surface area contributed by atoms with Crippen LogP contribution in [0.5, 0.6) is 0 Å². The highest BCUT2D eigenvalue weighted by Gasteiger charge is 2.81. The van der Waals surface area contributed by atoms with Crippen LogP contribution in [0.4, 0.5) is 17.6 Å². The smallest absolute Gasteiger partial charge is 0.206 e. The molecule has 1 unspecified atom stereocenters. The first-order valence-electron chi connectivity index (χ1n) is 8.97. The van der Waals surface area contributed by atoms with Gasteiger partial charge in [0.05, 0.1) is 16.3 Å².